The molecule has 0 atom stereocenters. The molecule has 0 aliphatic carbocycles. The monoisotopic (exact) mass is 177 g/mol. The molecule has 0 aromatic carbocycles. The quantitative estimate of drug-likeness (QED) is 0.445. The standard InChI is InChI=1S/C7H19NO2Si/c1-3-5-9-7(11-8)10-6-4-2/h7H,3-6,8,11H2,1-2H3. The lowest BCUT2D eigenvalue weighted by molar-refractivity contribution is -0.0904. The Balaban J connectivity index is 3.25. The van der Waals surface area contributed by atoms with Crippen LogP contribution in [0.25, 0.3) is 0 Å². The molecule has 0 spiro atoms. The van der Waals surface area contributed by atoms with E-state index >= 15 is 0 Å². The molecule has 0 radical (unpaired) electrons. The third-order valence-electron chi connectivity index (χ3n) is 1.21. The predicted octanol–water partition coefficient (Wildman–Crippen LogP) is 0.166. The van der Waals surface area contributed by atoms with Crippen molar-refractivity contribution in [3.05, 3.63) is 0 Å². The van der Waals surface area contributed by atoms with Crippen LogP contribution < -0.4 is 5.40 Å². The van der Waals surface area contributed by atoms with Crippen LogP contribution in [0.5, 0.6) is 0 Å². The Morgan fingerprint density at radius 2 is 1.64 bits per heavy atom. The molecule has 4 heteroatoms. The lowest BCUT2D eigenvalue weighted by Gasteiger charge is -2.15. The van der Waals surface area contributed by atoms with Gasteiger partial charge in [0, 0.05) is 13.2 Å². The van der Waals surface area contributed by atoms with E-state index in [9.17, 15) is 0 Å². The second-order valence-corrected chi connectivity index (χ2v) is 3.54. The predicted molar refractivity (Wildman–Crippen MR) is 49.0 cm³/mol. The smallest absolute Gasteiger partial charge is 0.156 e. The van der Waals surface area contributed by atoms with Gasteiger partial charge in [-0.3, -0.25) is 0 Å². The summed E-state index contributed by atoms with van der Waals surface area (Å²) in [5, 5.41) is 5.54. The fourth-order valence-electron chi connectivity index (χ4n) is 0.683. The molecule has 0 aromatic rings. The highest BCUT2D eigenvalue weighted by Crippen LogP contribution is 1.93. The third kappa shape index (κ3) is 6.49. The lowest BCUT2D eigenvalue weighted by Crippen LogP contribution is -2.31. The van der Waals surface area contributed by atoms with Gasteiger partial charge in [0.15, 0.2) is 9.68 Å². The zero-order valence-corrected chi connectivity index (χ0v) is 8.92. The molecule has 0 saturated heterocycles. The highest BCUT2D eigenvalue weighted by atomic mass is 28.2. The van der Waals surface area contributed by atoms with Crippen molar-refractivity contribution >= 4 is 9.68 Å². The van der Waals surface area contributed by atoms with Crippen molar-refractivity contribution < 1.29 is 9.47 Å². The first-order chi connectivity index (χ1) is 5.35. The van der Waals surface area contributed by atoms with Crippen LogP contribution >= 0.6 is 0 Å². The molecule has 3 nitrogen and oxygen atoms in total. The highest BCUT2D eigenvalue weighted by Gasteiger charge is 2.04. The van der Waals surface area contributed by atoms with Crippen molar-refractivity contribution in [3.8, 4) is 0 Å². The summed E-state index contributed by atoms with van der Waals surface area (Å²) in [7, 11) is -0.657. The number of hydrogen-bond acceptors (Lipinski definition) is 3. The molecule has 0 unspecified atom stereocenters. The summed E-state index contributed by atoms with van der Waals surface area (Å²) < 4.78 is 10.7. The lowest BCUT2D eigenvalue weighted by atomic mass is 10.5. The van der Waals surface area contributed by atoms with Crippen molar-refractivity contribution in [1.82, 2.24) is 0 Å². The fraction of sp³-hybridized carbons (Fsp3) is 1.00. The van der Waals surface area contributed by atoms with Crippen molar-refractivity contribution in [2.45, 2.75) is 32.6 Å². The zero-order chi connectivity index (χ0) is 8.53. The van der Waals surface area contributed by atoms with Crippen LogP contribution in [-0.4, -0.2) is 28.8 Å². The summed E-state index contributed by atoms with van der Waals surface area (Å²) in [5.74, 6) is -0.0603. The van der Waals surface area contributed by atoms with E-state index in [0.717, 1.165) is 26.1 Å². The summed E-state index contributed by atoms with van der Waals surface area (Å²) in [6, 6.07) is 0. The van der Waals surface area contributed by atoms with Gasteiger partial charge in [0.2, 0.25) is 0 Å². The Kier molecular flexibility index (Phi) is 8.27. The summed E-state index contributed by atoms with van der Waals surface area (Å²) in [5.41, 5.74) is 0. The molecule has 0 fully saturated rings. The van der Waals surface area contributed by atoms with Crippen LogP contribution in [0.3, 0.4) is 0 Å². The normalized spacial score (nSPS) is 12.0. The largest absolute Gasteiger partial charge is 0.355 e. The van der Waals surface area contributed by atoms with E-state index in [1.54, 1.807) is 0 Å². The average Bonchev–Trinajstić information content (AvgIpc) is 2.05. The van der Waals surface area contributed by atoms with E-state index in [-0.39, 0.29) is 5.91 Å². The van der Waals surface area contributed by atoms with Crippen LogP contribution in [0.2, 0.25) is 0 Å². The van der Waals surface area contributed by atoms with Crippen LogP contribution in [-0.2, 0) is 9.47 Å². The number of ether oxygens (including phenoxy) is 2. The molecule has 0 saturated carbocycles. The minimum atomic E-state index is -0.657. The van der Waals surface area contributed by atoms with Gasteiger partial charge in [0.1, 0.15) is 5.91 Å². The van der Waals surface area contributed by atoms with Crippen LogP contribution in [0.4, 0.5) is 0 Å². The van der Waals surface area contributed by atoms with Gasteiger partial charge in [0.25, 0.3) is 0 Å². The van der Waals surface area contributed by atoms with Crippen molar-refractivity contribution in [3.63, 3.8) is 0 Å². The molecule has 0 aliphatic rings. The first-order valence-corrected chi connectivity index (χ1v) is 5.91. The number of rotatable bonds is 7. The molecular formula is C7H19NO2Si. The minimum absolute atomic E-state index is 0.0603. The van der Waals surface area contributed by atoms with E-state index in [0.29, 0.717) is 0 Å². The van der Waals surface area contributed by atoms with E-state index in [2.05, 4.69) is 13.8 Å². The minimum Gasteiger partial charge on any atom is -0.355 e. The topological polar surface area (TPSA) is 44.5 Å². The molecule has 0 heterocycles. The second kappa shape index (κ2) is 8.20. The van der Waals surface area contributed by atoms with Crippen molar-refractivity contribution in [1.29, 1.82) is 0 Å². The van der Waals surface area contributed by atoms with Gasteiger partial charge in [-0.05, 0) is 12.8 Å². The maximum atomic E-state index is 5.54. The van der Waals surface area contributed by atoms with Gasteiger partial charge in [-0.15, -0.1) is 0 Å². The average molecular weight is 177 g/mol. The Morgan fingerprint density at radius 1 is 1.18 bits per heavy atom. The van der Waals surface area contributed by atoms with Gasteiger partial charge >= 0.3 is 0 Å². The van der Waals surface area contributed by atoms with Gasteiger partial charge in [-0.2, -0.15) is 0 Å². The Bertz CT molecular complexity index is 74.8. The van der Waals surface area contributed by atoms with Crippen LogP contribution in [0.1, 0.15) is 26.7 Å². The van der Waals surface area contributed by atoms with Crippen molar-refractivity contribution in [2.75, 3.05) is 13.2 Å². The van der Waals surface area contributed by atoms with Crippen LogP contribution in [0, 0.1) is 0 Å². The summed E-state index contributed by atoms with van der Waals surface area (Å²) in [4.78, 5) is 0. The molecule has 2 N–H and O–H groups in total. The fourth-order valence-corrected chi connectivity index (χ4v) is 1.29. The molecule has 0 bridgehead atoms. The summed E-state index contributed by atoms with van der Waals surface area (Å²) in [6.07, 6.45) is 2.06. The molecular weight excluding hydrogens is 158 g/mol. The van der Waals surface area contributed by atoms with Crippen molar-refractivity contribution in [2.24, 2.45) is 5.40 Å². The van der Waals surface area contributed by atoms with Crippen LogP contribution in [0.15, 0.2) is 0 Å². The highest BCUT2D eigenvalue weighted by molar-refractivity contribution is 6.32. The Morgan fingerprint density at radius 3 is 1.91 bits per heavy atom. The molecule has 11 heavy (non-hydrogen) atoms. The molecule has 0 aromatic heterocycles. The molecule has 0 aliphatic heterocycles. The summed E-state index contributed by atoms with van der Waals surface area (Å²) >= 11 is 0. The Hall–Kier alpha value is 0.0969. The first-order valence-electron chi connectivity index (χ1n) is 4.28. The van der Waals surface area contributed by atoms with Gasteiger partial charge in [0.05, 0.1) is 0 Å². The third-order valence-corrected chi connectivity index (χ3v) is 2.06. The summed E-state index contributed by atoms with van der Waals surface area (Å²) in [6.45, 7) is 5.68. The van der Waals surface area contributed by atoms with Gasteiger partial charge in [-0.1, -0.05) is 13.8 Å². The van der Waals surface area contributed by atoms with Gasteiger partial charge in [-0.25, -0.2) is 0 Å². The number of hydrogen-bond donors (Lipinski definition) is 1. The SMILES string of the molecule is CCCOC(OCCC)[SiH2]N. The molecule has 0 rings (SSSR count). The van der Waals surface area contributed by atoms with E-state index < -0.39 is 9.68 Å². The Labute approximate surface area is 71.2 Å². The number of nitrogens with two attached hydrogens (primary N) is 1. The molecule has 0 amide bonds. The first kappa shape index (κ1) is 11.1. The molecule has 68 valence electrons. The second-order valence-electron chi connectivity index (χ2n) is 2.41. The van der Waals surface area contributed by atoms with E-state index in [1.807, 2.05) is 0 Å². The van der Waals surface area contributed by atoms with E-state index in [4.69, 9.17) is 14.9 Å². The zero-order valence-electron chi connectivity index (χ0n) is 7.51. The maximum Gasteiger partial charge on any atom is 0.156 e. The van der Waals surface area contributed by atoms with E-state index in [1.165, 1.54) is 0 Å². The van der Waals surface area contributed by atoms with Gasteiger partial charge < -0.3 is 14.9 Å². The maximum absolute atomic E-state index is 5.54.